The molecule has 2 aliphatic carbocycles. The molecule has 10 heteroatoms. The summed E-state index contributed by atoms with van der Waals surface area (Å²) < 4.78 is 19.8. The van der Waals surface area contributed by atoms with Gasteiger partial charge in [0.2, 0.25) is 11.8 Å². The molecule has 0 radical (unpaired) electrons. The Labute approximate surface area is 193 Å². The first-order valence-electron chi connectivity index (χ1n) is 12.0. The number of halogens is 2. The van der Waals surface area contributed by atoms with E-state index in [0.29, 0.717) is 39.0 Å². The second kappa shape index (κ2) is 8.65. The zero-order valence-corrected chi connectivity index (χ0v) is 19.6. The van der Waals surface area contributed by atoms with Gasteiger partial charge < -0.3 is 14.5 Å². The number of hydrogen-bond donors (Lipinski definition) is 3. The minimum absolute atomic E-state index is 0.000196. The number of alkyl halides is 2. The van der Waals surface area contributed by atoms with Crippen molar-refractivity contribution in [3.05, 3.63) is 0 Å². The maximum absolute atomic E-state index is 14.4. The lowest BCUT2D eigenvalue weighted by atomic mass is 9.83. The van der Waals surface area contributed by atoms with Crippen LogP contribution in [0, 0.1) is 11.8 Å². The number of hydrogen-bond acceptors (Lipinski definition) is 6. The average molecular weight is 472 g/mol. The molecule has 0 aromatic rings. The Kier molecular flexibility index (Phi) is 6.16. The second-order valence-electron chi connectivity index (χ2n) is 10.4. The van der Waals surface area contributed by atoms with Crippen molar-refractivity contribution < 1.29 is 18.7 Å². The fraction of sp³-hybridized carbons (Fsp3) is 0.909. The maximum atomic E-state index is 14.4. The second-order valence-corrected chi connectivity index (χ2v) is 11.0. The Balaban J connectivity index is 1.24. The van der Waals surface area contributed by atoms with Crippen molar-refractivity contribution in [3.8, 4) is 0 Å². The van der Waals surface area contributed by atoms with Crippen molar-refractivity contribution >= 4 is 23.4 Å². The normalized spacial score (nSPS) is 42.3. The maximum Gasteiger partial charge on any atom is 0.241 e. The van der Waals surface area contributed by atoms with Crippen molar-refractivity contribution in [2.24, 2.45) is 11.8 Å². The number of ether oxygens (including phenoxy) is 1. The summed E-state index contributed by atoms with van der Waals surface area (Å²) in [5.74, 6) is 0.0575. The van der Waals surface area contributed by atoms with E-state index >= 15 is 0 Å². The zero-order valence-electron chi connectivity index (χ0n) is 18.9. The van der Waals surface area contributed by atoms with E-state index in [0.717, 1.165) is 19.3 Å². The fourth-order valence-corrected chi connectivity index (χ4v) is 6.76. The van der Waals surface area contributed by atoms with Crippen LogP contribution in [-0.2, 0) is 14.3 Å². The minimum Gasteiger partial charge on any atom is -0.382 e. The molecule has 3 N–H and O–H groups in total. The Bertz CT molecular complexity index is 737. The van der Waals surface area contributed by atoms with Crippen LogP contribution in [0.1, 0.15) is 38.5 Å². The molecule has 2 amide bonds. The molecular weight excluding hydrogens is 437 g/mol. The third kappa shape index (κ3) is 3.83. The molecule has 0 spiro atoms. The highest BCUT2D eigenvalue weighted by Crippen LogP contribution is 2.42. The van der Waals surface area contributed by atoms with Crippen molar-refractivity contribution in [1.29, 1.82) is 0 Å². The highest BCUT2D eigenvalue weighted by Gasteiger charge is 2.53. The minimum atomic E-state index is -0.943. The molecule has 5 aliphatic rings. The van der Waals surface area contributed by atoms with Gasteiger partial charge in [0.05, 0.1) is 18.2 Å². The molecule has 0 bridgehead atoms. The van der Waals surface area contributed by atoms with Crippen LogP contribution in [0.2, 0.25) is 0 Å². The van der Waals surface area contributed by atoms with Crippen LogP contribution in [0.4, 0.5) is 4.39 Å². The van der Waals surface area contributed by atoms with Crippen LogP contribution < -0.4 is 16.2 Å². The van der Waals surface area contributed by atoms with E-state index in [1.807, 2.05) is 16.8 Å². The number of likely N-dealkylation sites (N-methyl/N-ethyl adjacent to an activating group) is 1. The van der Waals surface area contributed by atoms with E-state index in [9.17, 15) is 14.0 Å². The summed E-state index contributed by atoms with van der Waals surface area (Å²) in [5, 5.41) is 3.18. The predicted octanol–water partition coefficient (Wildman–Crippen LogP) is 0.403. The van der Waals surface area contributed by atoms with Gasteiger partial charge in [-0.05, 0) is 44.4 Å². The Morgan fingerprint density at radius 1 is 1.22 bits per heavy atom. The molecule has 8 nitrogen and oxygen atoms in total. The quantitative estimate of drug-likeness (QED) is 0.503. The largest absolute Gasteiger partial charge is 0.382 e. The Morgan fingerprint density at radius 2 is 2.00 bits per heavy atom. The monoisotopic (exact) mass is 471 g/mol. The van der Waals surface area contributed by atoms with Gasteiger partial charge in [-0.3, -0.25) is 20.3 Å². The van der Waals surface area contributed by atoms with Gasteiger partial charge in [0.25, 0.3) is 0 Å². The highest BCUT2D eigenvalue weighted by atomic mass is 35.5. The van der Waals surface area contributed by atoms with Gasteiger partial charge in [0, 0.05) is 50.6 Å². The summed E-state index contributed by atoms with van der Waals surface area (Å²) in [7, 11) is 3.52. The number of nitrogens with one attached hydrogen (secondary N) is 3. The van der Waals surface area contributed by atoms with E-state index in [4.69, 9.17) is 16.3 Å². The lowest BCUT2D eigenvalue weighted by molar-refractivity contribution is -0.140. The molecule has 5 rings (SSSR count). The SMILES string of the molecule is COCC1(N(C)C(=O)C2NNC3CCN(C(=O)C4CC5C(Cl)CCC(F)C5N4)CC32)CC1. The molecule has 3 aliphatic heterocycles. The van der Waals surface area contributed by atoms with E-state index in [1.165, 1.54) is 0 Å². The number of likely N-dealkylation sites (tertiary alicyclic amines) is 1. The number of carbonyl (C=O) groups is 2. The number of amides is 2. The third-order valence-electron chi connectivity index (χ3n) is 8.60. The summed E-state index contributed by atoms with van der Waals surface area (Å²) >= 11 is 6.46. The van der Waals surface area contributed by atoms with Crippen LogP contribution in [-0.4, -0.2) is 96.7 Å². The first-order valence-corrected chi connectivity index (χ1v) is 12.4. The summed E-state index contributed by atoms with van der Waals surface area (Å²) in [4.78, 5) is 30.4. The molecule has 3 heterocycles. The number of rotatable bonds is 5. The lowest BCUT2D eigenvalue weighted by Gasteiger charge is -2.38. The number of hydrazine groups is 1. The topological polar surface area (TPSA) is 85.9 Å². The van der Waals surface area contributed by atoms with Crippen LogP contribution in [0.3, 0.4) is 0 Å². The van der Waals surface area contributed by atoms with Crippen LogP contribution in [0.25, 0.3) is 0 Å². The molecule has 0 aromatic heterocycles. The van der Waals surface area contributed by atoms with Crippen molar-refractivity contribution in [1.82, 2.24) is 26.0 Å². The van der Waals surface area contributed by atoms with Crippen LogP contribution >= 0.6 is 11.6 Å². The molecule has 5 fully saturated rings. The van der Waals surface area contributed by atoms with Gasteiger partial charge >= 0.3 is 0 Å². The zero-order chi connectivity index (χ0) is 22.6. The first kappa shape index (κ1) is 22.8. The third-order valence-corrected chi connectivity index (χ3v) is 9.15. The van der Waals surface area contributed by atoms with Gasteiger partial charge in [-0.25, -0.2) is 9.82 Å². The van der Waals surface area contributed by atoms with E-state index < -0.39 is 12.2 Å². The number of piperidine rings is 1. The standard InChI is InChI=1S/C22H35ClFN5O3/c1-28(22(6-7-22)11-32-2)21(31)19-13-10-29(8-5-16(13)26-27-19)20(30)17-9-12-14(23)3-4-15(24)18(12)25-17/h12-19,25-27H,3-11H2,1-2H3. The number of nitrogens with zero attached hydrogens (tertiary/aromatic N) is 2. The van der Waals surface area contributed by atoms with Crippen LogP contribution in [0.5, 0.6) is 0 Å². The number of carbonyl (C=O) groups excluding carboxylic acids is 2. The van der Waals surface area contributed by atoms with Gasteiger partial charge in [0.15, 0.2) is 0 Å². The average Bonchev–Trinajstić information content (AvgIpc) is 3.24. The highest BCUT2D eigenvalue weighted by molar-refractivity contribution is 6.21. The molecule has 180 valence electrons. The van der Waals surface area contributed by atoms with Gasteiger partial charge in [-0.1, -0.05) is 0 Å². The van der Waals surface area contributed by atoms with Crippen molar-refractivity contribution in [2.45, 2.75) is 79.8 Å². The lowest BCUT2D eigenvalue weighted by Crippen LogP contribution is -2.56. The molecule has 2 saturated carbocycles. The van der Waals surface area contributed by atoms with E-state index in [1.54, 1.807) is 7.11 Å². The van der Waals surface area contributed by atoms with E-state index in [2.05, 4.69) is 16.2 Å². The summed E-state index contributed by atoms with van der Waals surface area (Å²) in [5.41, 5.74) is 6.29. The Morgan fingerprint density at radius 3 is 2.69 bits per heavy atom. The summed E-state index contributed by atoms with van der Waals surface area (Å²) in [6.07, 6.45) is 3.45. The number of methoxy groups -OCH3 is 1. The first-order chi connectivity index (χ1) is 15.3. The van der Waals surface area contributed by atoms with E-state index in [-0.39, 0.29) is 52.7 Å². The molecule has 0 aromatic carbocycles. The van der Waals surface area contributed by atoms with Crippen molar-refractivity contribution in [3.63, 3.8) is 0 Å². The van der Waals surface area contributed by atoms with Gasteiger partial charge in [-0.15, -0.1) is 11.6 Å². The smallest absolute Gasteiger partial charge is 0.241 e. The molecular formula is C22H35ClFN5O3. The Hall–Kier alpha value is -1.00. The van der Waals surface area contributed by atoms with Crippen molar-refractivity contribution in [2.75, 3.05) is 33.9 Å². The molecule has 8 unspecified atom stereocenters. The fourth-order valence-electron chi connectivity index (χ4n) is 6.37. The predicted molar refractivity (Wildman–Crippen MR) is 118 cm³/mol. The van der Waals surface area contributed by atoms with Gasteiger partial charge in [0.1, 0.15) is 12.2 Å². The molecule has 8 atom stereocenters. The summed E-state index contributed by atoms with van der Waals surface area (Å²) in [6.45, 7) is 1.69. The number of fused-ring (bicyclic) bond motifs is 2. The molecule has 32 heavy (non-hydrogen) atoms. The summed E-state index contributed by atoms with van der Waals surface area (Å²) in [6, 6.07) is -0.946. The molecule has 3 saturated heterocycles. The van der Waals surface area contributed by atoms with Gasteiger partial charge in [-0.2, -0.15) is 0 Å². The van der Waals surface area contributed by atoms with Crippen LogP contribution in [0.15, 0.2) is 0 Å².